The van der Waals surface area contributed by atoms with Crippen LogP contribution in [0.5, 0.6) is 11.5 Å². The van der Waals surface area contributed by atoms with Crippen molar-refractivity contribution in [2.24, 2.45) is 0 Å². The molecule has 1 aromatic heterocycles. The Morgan fingerprint density at radius 3 is 2.48 bits per heavy atom. The lowest BCUT2D eigenvalue weighted by atomic mass is 10.1. The maximum atomic E-state index is 13.6. The average Bonchev–Trinajstić information content (AvgIpc) is 2.82. The Balaban J connectivity index is 1.82. The van der Waals surface area contributed by atoms with Gasteiger partial charge in [0, 0.05) is 22.8 Å². The molecule has 0 fully saturated rings. The van der Waals surface area contributed by atoms with Crippen LogP contribution in [0.1, 0.15) is 15.9 Å². The number of amides is 1. The molecule has 156 valence electrons. The molecule has 0 spiro atoms. The number of benzene rings is 3. The first-order valence-electron chi connectivity index (χ1n) is 9.80. The van der Waals surface area contributed by atoms with Crippen molar-refractivity contribution in [1.29, 1.82) is 0 Å². The number of ether oxygens (including phenoxy) is 2. The van der Waals surface area contributed by atoms with Crippen LogP contribution in [-0.2, 0) is 6.54 Å². The van der Waals surface area contributed by atoms with Crippen molar-refractivity contribution in [2.45, 2.75) is 6.54 Å². The number of nitrogens with zero attached hydrogens (tertiary/aromatic N) is 1. The van der Waals surface area contributed by atoms with Gasteiger partial charge in [-0.15, -0.1) is 0 Å². The number of para-hydroxylation sites is 2. The molecular formula is C25H22N2O4. The first kappa shape index (κ1) is 20.2. The van der Waals surface area contributed by atoms with Crippen LogP contribution in [0.2, 0.25) is 0 Å². The smallest absolute Gasteiger partial charge is 0.262 e. The van der Waals surface area contributed by atoms with E-state index in [-0.39, 0.29) is 18.0 Å². The summed E-state index contributed by atoms with van der Waals surface area (Å²) in [6.07, 6.45) is 0. The molecule has 1 heterocycles. The van der Waals surface area contributed by atoms with E-state index in [2.05, 4.69) is 4.98 Å². The van der Waals surface area contributed by atoms with Gasteiger partial charge in [-0.05, 0) is 41.8 Å². The summed E-state index contributed by atoms with van der Waals surface area (Å²) in [6.45, 7) is 0.0875. The summed E-state index contributed by atoms with van der Waals surface area (Å²) < 4.78 is 10.7. The number of rotatable bonds is 6. The van der Waals surface area contributed by atoms with Gasteiger partial charge < -0.3 is 19.4 Å². The number of aromatic amines is 1. The van der Waals surface area contributed by atoms with Gasteiger partial charge in [0.25, 0.3) is 11.5 Å². The molecule has 4 rings (SSSR count). The molecular weight excluding hydrogens is 392 g/mol. The van der Waals surface area contributed by atoms with Crippen molar-refractivity contribution in [3.63, 3.8) is 0 Å². The van der Waals surface area contributed by atoms with E-state index in [9.17, 15) is 9.59 Å². The van der Waals surface area contributed by atoms with Crippen LogP contribution in [0.4, 0.5) is 5.69 Å². The van der Waals surface area contributed by atoms with Crippen LogP contribution in [0, 0.1) is 0 Å². The van der Waals surface area contributed by atoms with Crippen molar-refractivity contribution in [2.75, 3.05) is 19.1 Å². The molecule has 1 amide bonds. The molecule has 6 nitrogen and oxygen atoms in total. The zero-order valence-electron chi connectivity index (χ0n) is 17.3. The Bertz CT molecular complexity index is 1300. The first-order chi connectivity index (χ1) is 15.1. The third-order valence-electron chi connectivity index (χ3n) is 5.11. The number of carbonyl (C=O) groups is 1. The predicted molar refractivity (Wildman–Crippen MR) is 121 cm³/mol. The lowest BCUT2D eigenvalue weighted by Gasteiger charge is -2.24. The molecule has 0 saturated carbocycles. The zero-order valence-corrected chi connectivity index (χ0v) is 17.3. The molecule has 6 heteroatoms. The Labute approximate surface area is 179 Å². The normalized spacial score (nSPS) is 10.6. The Morgan fingerprint density at radius 1 is 0.903 bits per heavy atom. The van der Waals surface area contributed by atoms with Gasteiger partial charge in [0.2, 0.25) is 0 Å². The van der Waals surface area contributed by atoms with E-state index in [4.69, 9.17) is 9.47 Å². The van der Waals surface area contributed by atoms with E-state index >= 15 is 0 Å². The highest BCUT2D eigenvalue weighted by atomic mass is 16.5. The molecule has 0 atom stereocenters. The SMILES string of the molecule is COc1cccc(N(Cc2cc3ccccc3[nH]c2=O)C(=O)c2ccccc2OC)c1. The average molecular weight is 414 g/mol. The molecule has 3 aromatic carbocycles. The summed E-state index contributed by atoms with van der Waals surface area (Å²) >= 11 is 0. The highest BCUT2D eigenvalue weighted by Crippen LogP contribution is 2.27. The van der Waals surface area contributed by atoms with Gasteiger partial charge in [0.1, 0.15) is 11.5 Å². The standard InChI is InChI=1S/C25H22N2O4/c1-30-20-10-7-9-19(15-20)27(25(29)21-11-4-6-13-23(21)31-2)16-18-14-17-8-3-5-12-22(17)26-24(18)28/h3-15H,16H2,1-2H3,(H,26,28). The van der Waals surface area contributed by atoms with Crippen LogP contribution in [0.3, 0.4) is 0 Å². The van der Waals surface area contributed by atoms with Crippen molar-refractivity contribution in [3.05, 3.63) is 100 Å². The Morgan fingerprint density at radius 2 is 1.68 bits per heavy atom. The van der Waals surface area contributed by atoms with Crippen molar-refractivity contribution < 1.29 is 14.3 Å². The number of hydrogen-bond acceptors (Lipinski definition) is 4. The van der Waals surface area contributed by atoms with Crippen LogP contribution in [-0.4, -0.2) is 25.1 Å². The number of hydrogen-bond donors (Lipinski definition) is 1. The van der Waals surface area contributed by atoms with E-state index in [1.165, 1.54) is 7.11 Å². The second kappa shape index (κ2) is 8.75. The maximum absolute atomic E-state index is 13.6. The summed E-state index contributed by atoms with van der Waals surface area (Å²) in [5.74, 6) is 0.800. The lowest BCUT2D eigenvalue weighted by molar-refractivity contribution is 0.0982. The second-order valence-corrected chi connectivity index (χ2v) is 7.00. The molecule has 1 N–H and O–H groups in total. The predicted octanol–water partition coefficient (Wildman–Crippen LogP) is 4.39. The number of pyridine rings is 1. The second-order valence-electron chi connectivity index (χ2n) is 7.00. The van der Waals surface area contributed by atoms with Gasteiger partial charge in [0.05, 0.1) is 26.3 Å². The molecule has 4 aromatic rings. The van der Waals surface area contributed by atoms with Gasteiger partial charge in [-0.1, -0.05) is 36.4 Å². The first-order valence-corrected chi connectivity index (χ1v) is 9.80. The van der Waals surface area contributed by atoms with Crippen molar-refractivity contribution in [3.8, 4) is 11.5 Å². The number of aromatic nitrogens is 1. The van der Waals surface area contributed by atoms with Crippen molar-refractivity contribution >= 4 is 22.5 Å². The van der Waals surface area contributed by atoms with Crippen LogP contribution < -0.4 is 19.9 Å². The molecule has 0 bridgehead atoms. The quantitative estimate of drug-likeness (QED) is 0.508. The molecule has 0 saturated heterocycles. The zero-order chi connectivity index (χ0) is 21.8. The van der Waals surface area contributed by atoms with Crippen LogP contribution in [0.25, 0.3) is 10.9 Å². The number of H-pyrrole nitrogens is 1. The van der Waals surface area contributed by atoms with Gasteiger partial charge in [-0.25, -0.2) is 0 Å². The fourth-order valence-corrected chi connectivity index (χ4v) is 3.51. The Kier molecular flexibility index (Phi) is 5.71. The fourth-order valence-electron chi connectivity index (χ4n) is 3.51. The van der Waals surface area contributed by atoms with Gasteiger partial charge in [-0.2, -0.15) is 0 Å². The van der Waals surface area contributed by atoms with E-state index < -0.39 is 0 Å². The molecule has 0 unspecified atom stereocenters. The minimum absolute atomic E-state index is 0.0875. The van der Waals surface area contributed by atoms with E-state index in [0.717, 1.165) is 10.9 Å². The van der Waals surface area contributed by atoms with Crippen LogP contribution >= 0.6 is 0 Å². The van der Waals surface area contributed by atoms with E-state index in [1.807, 2.05) is 36.4 Å². The minimum Gasteiger partial charge on any atom is -0.497 e. The number of nitrogens with one attached hydrogen (secondary N) is 1. The maximum Gasteiger partial charge on any atom is 0.262 e. The van der Waals surface area contributed by atoms with Gasteiger partial charge >= 0.3 is 0 Å². The summed E-state index contributed by atoms with van der Waals surface area (Å²) in [5.41, 5.74) is 2.01. The van der Waals surface area contributed by atoms with Crippen molar-refractivity contribution in [1.82, 2.24) is 4.98 Å². The largest absolute Gasteiger partial charge is 0.497 e. The number of carbonyl (C=O) groups excluding carboxylic acids is 1. The molecule has 0 aliphatic heterocycles. The highest BCUT2D eigenvalue weighted by Gasteiger charge is 2.23. The minimum atomic E-state index is -0.279. The topological polar surface area (TPSA) is 71.6 Å². The third kappa shape index (κ3) is 4.14. The van der Waals surface area contributed by atoms with Crippen LogP contribution in [0.15, 0.2) is 83.7 Å². The number of anilines is 1. The number of methoxy groups -OCH3 is 2. The van der Waals surface area contributed by atoms with E-state index in [0.29, 0.717) is 28.3 Å². The summed E-state index contributed by atoms with van der Waals surface area (Å²) in [5, 5.41) is 0.896. The monoisotopic (exact) mass is 414 g/mol. The number of fused-ring (bicyclic) bond motifs is 1. The summed E-state index contributed by atoms with van der Waals surface area (Å²) in [7, 11) is 3.09. The molecule has 0 aliphatic rings. The molecule has 0 aliphatic carbocycles. The Hall–Kier alpha value is -4.06. The third-order valence-corrected chi connectivity index (χ3v) is 5.11. The molecule has 31 heavy (non-hydrogen) atoms. The summed E-state index contributed by atoms with van der Waals surface area (Å²) in [4.78, 5) is 30.8. The summed E-state index contributed by atoms with van der Waals surface area (Å²) in [6, 6.07) is 23.6. The molecule has 0 radical (unpaired) electrons. The lowest BCUT2D eigenvalue weighted by Crippen LogP contribution is -2.33. The highest BCUT2D eigenvalue weighted by molar-refractivity contribution is 6.08. The van der Waals surface area contributed by atoms with E-state index in [1.54, 1.807) is 54.5 Å². The van der Waals surface area contributed by atoms with Gasteiger partial charge in [0.15, 0.2) is 0 Å². The van der Waals surface area contributed by atoms with Gasteiger partial charge in [-0.3, -0.25) is 9.59 Å². The fraction of sp³-hybridized carbons (Fsp3) is 0.120.